The van der Waals surface area contributed by atoms with Crippen molar-refractivity contribution in [2.75, 3.05) is 5.32 Å². The summed E-state index contributed by atoms with van der Waals surface area (Å²) in [5.74, 6) is 0.307. The van der Waals surface area contributed by atoms with E-state index in [2.05, 4.69) is 25.5 Å². The third-order valence-electron chi connectivity index (χ3n) is 1.49. The molecule has 6 nitrogen and oxygen atoms in total. The van der Waals surface area contributed by atoms with Crippen LogP contribution in [0, 0.1) is 0 Å². The number of amides is 1. The van der Waals surface area contributed by atoms with E-state index in [1.165, 1.54) is 12.5 Å². The van der Waals surface area contributed by atoms with Crippen molar-refractivity contribution in [3.8, 4) is 0 Å². The smallest absolute Gasteiger partial charge is 0.274 e. The Morgan fingerprint density at radius 2 is 2.46 bits per heavy atom. The van der Waals surface area contributed by atoms with Crippen LogP contribution in [0.15, 0.2) is 24.8 Å². The first kappa shape index (κ1) is 7.53. The van der Waals surface area contributed by atoms with Gasteiger partial charge in [-0.15, -0.1) is 0 Å². The number of H-pyrrole nitrogens is 2. The molecule has 0 saturated heterocycles. The van der Waals surface area contributed by atoms with Gasteiger partial charge in [0.05, 0.1) is 18.7 Å². The highest BCUT2D eigenvalue weighted by Gasteiger charge is 2.06. The lowest BCUT2D eigenvalue weighted by Gasteiger charge is -1.97. The average Bonchev–Trinajstić information content (AvgIpc) is 2.74. The molecule has 0 aliphatic carbocycles. The Labute approximate surface area is 73.4 Å². The molecule has 0 aliphatic rings. The number of carbonyl (C=O) groups excluding carboxylic acids is 1. The van der Waals surface area contributed by atoms with E-state index in [1.807, 2.05) is 0 Å². The zero-order chi connectivity index (χ0) is 9.10. The van der Waals surface area contributed by atoms with Gasteiger partial charge < -0.3 is 10.3 Å². The number of aromatic amines is 2. The van der Waals surface area contributed by atoms with Gasteiger partial charge in [-0.05, 0) is 0 Å². The largest absolute Gasteiger partial charge is 0.341 e. The first-order chi connectivity index (χ1) is 6.36. The van der Waals surface area contributed by atoms with Gasteiger partial charge in [-0.1, -0.05) is 0 Å². The summed E-state index contributed by atoms with van der Waals surface area (Å²) in [6.45, 7) is 0. The molecule has 13 heavy (non-hydrogen) atoms. The molecule has 0 spiro atoms. The summed E-state index contributed by atoms with van der Waals surface area (Å²) in [5.41, 5.74) is 0.412. The number of nitrogens with zero attached hydrogens (tertiary/aromatic N) is 2. The van der Waals surface area contributed by atoms with Gasteiger partial charge in [-0.3, -0.25) is 9.89 Å². The lowest BCUT2D eigenvalue weighted by Crippen LogP contribution is -2.12. The van der Waals surface area contributed by atoms with E-state index in [0.29, 0.717) is 11.5 Å². The van der Waals surface area contributed by atoms with Gasteiger partial charge in [-0.2, -0.15) is 5.10 Å². The van der Waals surface area contributed by atoms with Crippen LogP contribution in [-0.2, 0) is 0 Å². The maximum atomic E-state index is 11.3. The minimum absolute atomic E-state index is 0.248. The van der Waals surface area contributed by atoms with Crippen molar-refractivity contribution in [2.45, 2.75) is 0 Å². The Bertz CT molecular complexity index is 377. The van der Waals surface area contributed by atoms with Crippen molar-refractivity contribution < 1.29 is 4.79 Å². The SMILES string of the molecule is O=C(Nc1ccn[nH]1)c1cnc[nH]1. The quantitative estimate of drug-likeness (QED) is 0.620. The van der Waals surface area contributed by atoms with Gasteiger partial charge in [0.15, 0.2) is 0 Å². The number of aromatic nitrogens is 4. The van der Waals surface area contributed by atoms with E-state index in [-0.39, 0.29) is 5.91 Å². The Balaban J connectivity index is 2.08. The minimum atomic E-state index is -0.248. The third-order valence-corrected chi connectivity index (χ3v) is 1.49. The van der Waals surface area contributed by atoms with Gasteiger partial charge in [0.2, 0.25) is 0 Å². The lowest BCUT2D eigenvalue weighted by molar-refractivity contribution is 0.102. The molecule has 0 atom stereocenters. The summed E-state index contributed by atoms with van der Waals surface area (Å²) in [5, 5.41) is 8.90. The second-order valence-corrected chi connectivity index (χ2v) is 2.39. The molecule has 1 amide bonds. The molecule has 2 aromatic heterocycles. The van der Waals surface area contributed by atoms with Gasteiger partial charge in [-0.25, -0.2) is 4.98 Å². The number of nitrogens with one attached hydrogen (secondary N) is 3. The maximum absolute atomic E-state index is 11.3. The van der Waals surface area contributed by atoms with Crippen LogP contribution in [0.2, 0.25) is 0 Å². The van der Waals surface area contributed by atoms with E-state index < -0.39 is 0 Å². The monoisotopic (exact) mass is 177 g/mol. The summed E-state index contributed by atoms with van der Waals surface area (Å²) in [7, 11) is 0. The number of hydrogen-bond donors (Lipinski definition) is 3. The number of rotatable bonds is 2. The van der Waals surface area contributed by atoms with E-state index >= 15 is 0 Å². The number of imidazole rings is 1. The normalized spacial score (nSPS) is 9.85. The van der Waals surface area contributed by atoms with Crippen LogP contribution in [0.1, 0.15) is 10.5 Å². The molecular formula is C7H7N5O. The molecular weight excluding hydrogens is 170 g/mol. The predicted octanol–water partition coefficient (Wildman–Crippen LogP) is 0.385. The van der Waals surface area contributed by atoms with Gasteiger partial charge in [0.1, 0.15) is 11.5 Å². The summed E-state index contributed by atoms with van der Waals surface area (Å²) >= 11 is 0. The molecule has 0 unspecified atom stereocenters. The summed E-state index contributed by atoms with van der Waals surface area (Å²) in [4.78, 5) is 17.8. The Kier molecular flexibility index (Phi) is 1.79. The van der Waals surface area contributed by atoms with Gasteiger partial charge in [0.25, 0.3) is 5.91 Å². The second-order valence-electron chi connectivity index (χ2n) is 2.39. The Morgan fingerprint density at radius 3 is 3.08 bits per heavy atom. The molecule has 0 aliphatic heterocycles. The fourth-order valence-electron chi connectivity index (χ4n) is 0.895. The molecule has 2 heterocycles. The third kappa shape index (κ3) is 1.56. The predicted molar refractivity (Wildman–Crippen MR) is 45.1 cm³/mol. The van der Waals surface area contributed by atoms with Crippen molar-refractivity contribution in [3.05, 3.63) is 30.5 Å². The molecule has 2 rings (SSSR count). The van der Waals surface area contributed by atoms with Crippen molar-refractivity contribution in [1.82, 2.24) is 20.2 Å². The van der Waals surface area contributed by atoms with Crippen molar-refractivity contribution in [1.29, 1.82) is 0 Å². The molecule has 3 N–H and O–H groups in total. The summed E-state index contributed by atoms with van der Waals surface area (Å²) < 4.78 is 0. The summed E-state index contributed by atoms with van der Waals surface area (Å²) in [6, 6.07) is 1.66. The van der Waals surface area contributed by atoms with Crippen LogP contribution in [0.3, 0.4) is 0 Å². The first-order valence-electron chi connectivity index (χ1n) is 3.65. The maximum Gasteiger partial charge on any atom is 0.274 e. The molecule has 66 valence electrons. The highest BCUT2D eigenvalue weighted by molar-refractivity contribution is 6.02. The molecule has 2 aromatic rings. The van der Waals surface area contributed by atoms with Crippen LogP contribution >= 0.6 is 0 Å². The topological polar surface area (TPSA) is 86.5 Å². The van der Waals surface area contributed by atoms with Crippen LogP contribution < -0.4 is 5.32 Å². The minimum Gasteiger partial charge on any atom is -0.341 e. The fourth-order valence-corrected chi connectivity index (χ4v) is 0.895. The average molecular weight is 177 g/mol. The van der Waals surface area contributed by atoms with Gasteiger partial charge in [0, 0.05) is 6.07 Å². The number of anilines is 1. The second kappa shape index (κ2) is 3.10. The lowest BCUT2D eigenvalue weighted by atomic mass is 10.4. The highest BCUT2D eigenvalue weighted by atomic mass is 16.2. The molecule has 0 fully saturated rings. The van der Waals surface area contributed by atoms with Crippen LogP contribution in [-0.4, -0.2) is 26.1 Å². The molecule has 0 bridgehead atoms. The first-order valence-corrected chi connectivity index (χ1v) is 3.65. The zero-order valence-electron chi connectivity index (χ0n) is 6.61. The molecule has 6 heteroatoms. The number of hydrogen-bond acceptors (Lipinski definition) is 3. The van der Waals surface area contributed by atoms with Crippen molar-refractivity contribution in [2.24, 2.45) is 0 Å². The van der Waals surface area contributed by atoms with Crippen molar-refractivity contribution in [3.63, 3.8) is 0 Å². The van der Waals surface area contributed by atoms with Crippen LogP contribution in [0.4, 0.5) is 5.82 Å². The van der Waals surface area contributed by atoms with E-state index in [1.54, 1.807) is 12.3 Å². The summed E-state index contributed by atoms with van der Waals surface area (Å²) in [6.07, 6.45) is 4.45. The van der Waals surface area contributed by atoms with Crippen LogP contribution in [0.25, 0.3) is 0 Å². The fraction of sp³-hybridized carbons (Fsp3) is 0. The van der Waals surface area contributed by atoms with E-state index in [4.69, 9.17) is 0 Å². The van der Waals surface area contributed by atoms with Crippen molar-refractivity contribution >= 4 is 11.7 Å². The van der Waals surface area contributed by atoms with Crippen LogP contribution in [0.5, 0.6) is 0 Å². The zero-order valence-corrected chi connectivity index (χ0v) is 6.61. The van der Waals surface area contributed by atoms with E-state index in [9.17, 15) is 4.79 Å². The van der Waals surface area contributed by atoms with Gasteiger partial charge >= 0.3 is 0 Å². The Morgan fingerprint density at radius 1 is 1.54 bits per heavy atom. The Hall–Kier alpha value is -2.11. The molecule has 0 saturated carbocycles. The highest BCUT2D eigenvalue weighted by Crippen LogP contribution is 2.01. The van der Waals surface area contributed by atoms with E-state index in [0.717, 1.165) is 0 Å². The standard InChI is InChI=1S/C7H7N5O/c13-7(5-3-8-4-9-5)11-6-1-2-10-12-6/h1-4H,(H,8,9)(H2,10,11,12,13). The molecule has 0 aromatic carbocycles. The molecule has 0 radical (unpaired) electrons. The number of carbonyl (C=O) groups is 1.